The van der Waals surface area contributed by atoms with Gasteiger partial charge in [-0.05, 0) is 53.6 Å². The van der Waals surface area contributed by atoms with Gasteiger partial charge in [-0.25, -0.2) is 4.98 Å². The highest BCUT2D eigenvalue weighted by Crippen LogP contribution is 2.41. The minimum atomic E-state index is -0.168. The van der Waals surface area contributed by atoms with Crippen LogP contribution in [0.15, 0.2) is 55.0 Å². The lowest BCUT2D eigenvalue weighted by Gasteiger charge is -2.23. The zero-order valence-electron chi connectivity index (χ0n) is 17.8. The summed E-state index contributed by atoms with van der Waals surface area (Å²) < 4.78 is 6.17. The van der Waals surface area contributed by atoms with Crippen molar-refractivity contribution in [3.63, 3.8) is 0 Å². The zero-order chi connectivity index (χ0) is 21.9. The summed E-state index contributed by atoms with van der Waals surface area (Å²) in [5.74, 6) is 1.17. The Morgan fingerprint density at radius 1 is 1.12 bits per heavy atom. The number of hydrogen-bond donors (Lipinski definition) is 2. The van der Waals surface area contributed by atoms with Crippen molar-refractivity contribution in [3.8, 4) is 5.75 Å². The first-order valence-electron chi connectivity index (χ1n) is 11.1. The quantitative estimate of drug-likeness (QED) is 0.654. The molecule has 164 valence electrons. The second-order valence-corrected chi connectivity index (χ2v) is 8.38. The molecule has 5 rings (SSSR count). The minimum absolute atomic E-state index is 0.138. The molecule has 0 unspecified atom stereocenters. The summed E-state index contributed by atoms with van der Waals surface area (Å²) in [6, 6.07) is 14.1. The molecule has 0 atom stereocenters. The molecule has 2 aliphatic rings. The lowest BCUT2D eigenvalue weighted by atomic mass is 9.98. The van der Waals surface area contributed by atoms with Crippen molar-refractivity contribution in [1.29, 1.82) is 0 Å². The second-order valence-electron chi connectivity index (χ2n) is 8.38. The molecule has 1 aromatic heterocycles. The van der Waals surface area contributed by atoms with Gasteiger partial charge in [0.05, 0.1) is 19.1 Å². The van der Waals surface area contributed by atoms with E-state index in [-0.39, 0.29) is 11.8 Å². The van der Waals surface area contributed by atoms with Crippen LogP contribution in [0.3, 0.4) is 0 Å². The Hall–Kier alpha value is -3.61. The Balaban J connectivity index is 1.44. The zero-order valence-corrected chi connectivity index (χ0v) is 17.8. The van der Waals surface area contributed by atoms with Crippen LogP contribution in [0.1, 0.15) is 56.3 Å². The molecule has 2 aromatic carbocycles. The topological polar surface area (TPSA) is 87.3 Å². The number of H-pyrrole nitrogens is 1. The third-order valence-electron chi connectivity index (χ3n) is 6.02. The number of fused-ring (bicyclic) bond motifs is 3. The number of ether oxygens (including phenoxy) is 1. The molecule has 1 saturated carbocycles. The predicted octanol–water partition coefficient (Wildman–Crippen LogP) is 3.14. The fourth-order valence-electron chi connectivity index (χ4n) is 4.12. The number of benzene rings is 2. The minimum Gasteiger partial charge on any atom is -0.491 e. The normalized spacial score (nSPS) is 17.0. The average Bonchev–Trinajstić information content (AvgIpc) is 3.51. The molecule has 0 saturated heterocycles. The maximum absolute atomic E-state index is 12.9. The number of rotatable bonds is 2. The number of imidazole rings is 1. The van der Waals surface area contributed by atoms with Gasteiger partial charge in [0.1, 0.15) is 18.1 Å². The summed E-state index contributed by atoms with van der Waals surface area (Å²) in [7, 11) is 0. The maximum atomic E-state index is 12.9. The Labute approximate surface area is 186 Å². The molecule has 1 aliphatic carbocycles. The number of carbonyl (C=O) groups excluding carboxylic acids is 2. The van der Waals surface area contributed by atoms with Gasteiger partial charge in [-0.3, -0.25) is 9.59 Å². The summed E-state index contributed by atoms with van der Waals surface area (Å²) in [6.07, 6.45) is 6.15. The van der Waals surface area contributed by atoms with Gasteiger partial charge in [0.2, 0.25) is 0 Å². The molecule has 3 aromatic rings. The van der Waals surface area contributed by atoms with E-state index in [0.717, 1.165) is 16.9 Å². The monoisotopic (exact) mass is 430 g/mol. The van der Waals surface area contributed by atoms with Crippen molar-refractivity contribution in [3.05, 3.63) is 82.9 Å². The van der Waals surface area contributed by atoms with Crippen LogP contribution in [-0.4, -0.2) is 52.9 Å². The third kappa shape index (κ3) is 4.51. The summed E-state index contributed by atoms with van der Waals surface area (Å²) in [5.41, 5.74) is 4.56. The Morgan fingerprint density at radius 2 is 2.03 bits per heavy atom. The SMILES string of the molecule is O=C1NCCN(C(=O)c2cnc[nH]2)CCOc2ccc(C3CC3)cc2Cc2cccc1c2. The van der Waals surface area contributed by atoms with Crippen molar-refractivity contribution in [2.24, 2.45) is 0 Å². The van der Waals surface area contributed by atoms with Crippen molar-refractivity contribution in [2.45, 2.75) is 25.2 Å². The highest BCUT2D eigenvalue weighted by molar-refractivity contribution is 5.94. The Kier molecular flexibility index (Phi) is 5.62. The highest BCUT2D eigenvalue weighted by Gasteiger charge is 2.25. The van der Waals surface area contributed by atoms with Crippen LogP contribution in [0, 0.1) is 0 Å². The van der Waals surface area contributed by atoms with Crippen molar-refractivity contribution >= 4 is 11.8 Å². The lowest BCUT2D eigenvalue weighted by Crippen LogP contribution is -2.41. The third-order valence-corrected chi connectivity index (χ3v) is 6.02. The fraction of sp³-hybridized carbons (Fsp3) is 0.320. The highest BCUT2D eigenvalue weighted by atomic mass is 16.5. The van der Waals surface area contributed by atoms with Crippen LogP contribution in [0.25, 0.3) is 0 Å². The molecular formula is C25H26N4O3. The number of hydrogen-bond acceptors (Lipinski definition) is 4. The molecule has 7 heteroatoms. The van der Waals surface area contributed by atoms with E-state index in [1.54, 1.807) is 4.90 Å². The van der Waals surface area contributed by atoms with Gasteiger partial charge in [-0.2, -0.15) is 0 Å². The van der Waals surface area contributed by atoms with E-state index in [4.69, 9.17) is 4.74 Å². The lowest BCUT2D eigenvalue weighted by molar-refractivity contribution is 0.0718. The standard InChI is InChI=1S/C25H26N4O3/c30-24-20-3-1-2-17(12-20)13-21-14-19(18-4-5-18)6-7-23(21)32-11-10-29(9-8-27-24)25(31)22-15-26-16-28-22/h1-3,6-7,12,14-16,18H,4-5,8-11,13H2,(H,26,28)(H,27,30). The van der Waals surface area contributed by atoms with Crippen LogP contribution >= 0.6 is 0 Å². The summed E-state index contributed by atoms with van der Waals surface area (Å²) in [4.78, 5) is 34.1. The van der Waals surface area contributed by atoms with E-state index in [0.29, 0.717) is 49.8 Å². The fourth-order valence-corrected chi connectivity index (χ4v) is 4.12. The van der Waals surface area contributed by atoms with E-state index in [1.165, 1.54) is 30.9 Å². The molecule has 2 bridgehead atoms. The molecule has 1 fully saturated rings. The molecule has 1 aliphatic heterocycles. The van der Waals surface area contributed by atoms with Crippen molar-refractivity contribution in [1.82, 2.24) is 20.2 Å². The first-order valence-corrected chi connectivity index (χ1v) is 11.1. The van der Waals surface area contributed by atoms with E-state index in [9.17, 15) is 9.59 Å². The summed E-state index contributed by atoms with van der Waals surface area (Å²) in [6.45, 7) is 1.50. The van der Waals surface area contributed by atoms with Gasteiger partial charge < -0.3 is 19.9 Å². The van der Waals surface area contributed by atoms with Gasteiger partial charge in [-0.1, -0.05) is 24.3 Å². The number of nitrogens with zero attached hydrogens (tertiary/aromatic N) is 2. The van der Waals surface area contributed by atoms with E-state index < -0.39 is 0 Å². The molecular weight excluding hydrogens is 404 g/mol. The van der Waals surface area contributed by atoms with Gasteiger partial charge in [0.15, 0.2) is 0 Å². The van der Waals surface area contributed by atoms with Gasteiger partial charge in [-0.15, -0.1) is 0 Å². The molecule has 32 heavy (non-hydrogen) atoms. The predicted molar refractivity (Wildman–Crippen MR) is 120 cm³/mol. The number of aromatic nitrogens is 2. The van der Waals surface area contributed by atoms with Crippen LogP contribution in [0.5, 0.6) is 5.75 Å². The number of amides is 2. The van der Waals surface area contributed by atoms with Gasteiger partial charge >= 0.3 is 0 Å². The first kappa shape index (κ1) is 20.3. The average molecular weight is 431 g/mol. The molecule has 7 nitrogen and oxygen atoms in total. The van der Waals surface area contributed by atoms with Crippen molar-refractivity contribution in [2.75, 3.05) is 26.2 Å². The molecule has 2 N–H and O–H groups in total. The van der Waals surface area contributed by atoms with Gasteiger partial charge in [0, 0.05) is 25.1 Å². The second kappa shape index (κ2) is 8.86. The Morgan fingerprint density at radius 3 is 2.84 bits per heavy atom. The van der Waals surface area contributed by atoms with Crippen LogP contribution in [0.2, 0.25) is 0 Å². The van der Waals surface area contributed by atoms with E-state index in [1.807, 2.05) is 30.3 Å². The summed E-state index contributed by atoms with van der Waals surface area (Å²) in [5, 5.41) is 2.93. The van der Waals surface area contributed by atoms with E-state index in [2.05, 4.69) is 27.4 Å². The van der Waals surface area contributed by atoms with Gasteiger partial charge in [0.25, 0.3) is 11.8 Å². The number of carbonyl (C=O) groups is 2. The van der Waals surface area contributed by atoms with E-state index >= 15 is 0 Å². The molecule has 0 radical (unpaired) electrons. The molecule has 2 amide bonds. The van der Waals surface area contributed by atoms with Crippen LogP contribution in [-0.2, 0) is 6.42 Å². The number of nitrogens with one attached hydrogen (secondary N) is 2. The van der Waals surface area contributed by atoms with Crippen LogP contribution < -0.4 is 10.1 Å². The van der Waals surface area contributed by atoms with Crippen molar-refractivity contribution < 1.29 is 14.3 Å². The van der Waals surface area contributed by atoms with Crippen LogP contribution in [0.4, 0.5) is 0 Å². The number of aromatic amines is 1. The summed E-state index contributed by atoms with van der Waals surface area (Å²) >= 11 is 0. The smallest absolute Gasteiger partial charge is 0.272 e. The first-order chi connectivity index (χ1) is 15.7. The molecule has 2 heterocycles. The molecule has 0 spiro atoms. The maximum Gasteiger partial charge on any atom is 0.272 e. The Bertz CT molecular complexity index is 1120. The largest absolute Gasteiger partial charge is 0.491 e.